The van der Waals surface area contributed by atoms with Crippen molar-refractivity contribution in [3.05, 3.63) is 30.2 Å². The van der Waals surface area contributed by atoms with Crippen molar-refractivity contribution in [3.8, 4) is 0 Å². The number of rotatable bonds is 4. The van der Waals surface area contributed by atoms with E-state index in [0.717, 1.165) is 24.2 Å². The summed E-state index contributed by atoms with van der Waals surface area (Å²) in [6.07, 6.45) is 6.24. The van der Waals surface area contributed by atoms with Crippen LogP contribution in [0.25, 0.3) is 5.65 Å². The van der Waals surface area contributed by atoms with E-state index in [0.29, 0.717) is 19.6 Å². The van der Waals surface area contributed by atoms with Crippen molar-refractivity contribution >= 4 is 5.65 Å². The highest BCUT2D eigenvalue weighted by molar-refractivity contribution is 5.45. The van der Waals surface area contributed by atoms with Gasteiger partial charge in [-0.25, -0.2) is 9.50 Å². The Bertz CT molecular complexity index is 532. The van der Waals surface area contributed by atoms with E-state index in [1.807, 2.05) is 18.5 Å². The summed E-state index contributed by atoms with van der Waals surface area (Å²) in [5.74, 6) is 0. The standard InChI is InChI=1S/C12H17N5O/c18-12(2-4-13-8-12)9-14-6-10-7-16-17-5-1-3-15-11(10)17/h1,3,5,7,13-14,18H,2,4,6,8-9H2/t12-/m1/s1. The molecule has 18 heavy (non-hydrogen) atoms. The van der Waals surface area contributed by atoms with Gasteiger partial charge < -0.3 is 15.7 Å². The van der Waals surface area contributed by atoms with E-state index in [4.69, 9.17) is 0 Å². The summed E-state index contributed by atoms with van der Waals surface area (Å²) < 4.78 is 1.75. The zero-order chi connectivity index (χ0) is 12.4. The first-order chi connectivity index (χ1) is 8.77. The summed E-state index contributed by atoms with van der Waals surface area (Å²) in [6.45, 7) is 2.80. The molecule has 3 rings (SSSR count). The molecule has 1 atom stereocenters. The predicted molar refractivity (Wildman–Crippen MR) is 67.1 cm³/mol. The second-order valence-corrected chi connectivity index (χ2v) is 4.81. The van der Waals surface area contributed by atoms with Gasteiger partial charge in [0.1, 0.15) is 0 Å². The molecular weight excluding hydrogens is 230 g/mol. The molecule has 1 saturated heterocycles. The Balaban J connectivity index is 1.63. The monoisotopic (exact) mass is 247 g/mol. The first-order valence-corrected chi connectivity index (χ1v) is 6.18. The third-order valence-corrected chi connectivity index (χ3v) is 3.34. The van der Waals surface area contributed by atoms with Crippen LogP contribution in [-0.4, -0.2) is 44.9 Å². The molecule has 0 saturated carbocycles. The molecule has 0 spiro atoms. The van der Waals surface area contributed by atoms with Crippen LogP contribution >= 0.6 is 0 Å². The van der Waals surface area contributed by atoms with Gasteiger partial charge in [0.25, 0.3) is 0 Å². The summed E-state index contributed by atoms with van der Waals surface area (Å²) in [7, 11) is 0. The Morgan fingerprint density at radius 1 is 1.56 bits per heavy atom. The lowest BCUT2D eigenvalue weighted by molar-refractivity contribution is 0.0609. The Hall–Kier alpha value is -1.50. The minimum atomic E-state index is -0.615. The summed E-state index contributed by atoms with van der Waals surface area (Å²) >= 11 is 0. The van der Waals surface area contributed by atoms with Crippen LogP contribution in [0.5, 0.6) is 0 Å². The van der Waals surface area contributed by atoms with E-state index < -0.39 is 5.60 Å². The molecular formula is C12H17N5O. The van der Waals surface area contributed by atoms with E-state index in [-0.39, 0.29) is 0 Å². The molecule has 1 aliphatic heterocycles. The van der Waals surface area contributed by atoms with E-state index >= 15 is 0 Å². The Labute approximate surface area is 105 Å². The number of fused-ring (bicyclic) bond motifs is 1. The first-order valence-electron chi connectivity index (χ1n) is 6.18. The number of nitrogens with one attached hydrogen (secondary N) is 2. The highest BCUT2D eigenvalue weighted by atomic mass is 16.3. The van der Waals surface area contributed by atoms with Gasteiger partial charge in [-0.15, -0.1) is 0 Å². The quantitative estimate of drug-likeness (QED) is 0.682. The second kappa shape index (κ2) is 4.64. The lowest BCUT2D eigenvalue weighted by Crippen LogP contribution is -2.42. The maximum Gasteiger partial charge on any atom is 0.159 e. The van der Waals surface area contributed by atoms with Crippen LogP contribution in [-0.2, 0) is 6.54 Å². The molecule has 96 valence electrons. The molecule has 0 bridgehead atoms. The van der Waals surface area contributed by atoms with Gasteiger partial charge in [0.05, 0.1) is 11.8 Å². The highest BCUT2D eigenvalue weighted by Gasteiger charge is 2.30. The van der Waals surface area contributed by atoms with Crippen LogP contribution in [0.2, 0.25) is 0 Å². The fourth-order valence-electron chi connectivity index (χ4n) is 2.31. The third kappa shape index (κ3) is 2.22. The lowest BCUT2D eigenvalue weighted by atomic mass is 10.0. The predicted octanol–water partition coefficient (Wildman–Crippen LogP) is -0.457. The van der Waals surface area contributed by atoms with E-state index in [1.54, 1.807) is 10.7 Å². The van der Waals surface area contributed by atoms with Gasteiger partial charge in [0.15, 0.2) is 5.65 Å². The molecule has 0 radical (unpaired) electrons. The van der Waals surface area contributed by atoms with Gasteiger partial charge in [-0.1, -0.05) is 0 Å². The van der Waals surface area contributed by atoms with Crippen molar-refractivity contribution in [2.45, 2.75) is 18.6 Å². The van der Waals surface area contributed by atoms with Gasteiger partial charge in [-0.2, -0.15) is 5.10 Å². The van der Waals surface area contributed by atoms with Crippen molar-refractivity contribution in [2.24, 2.45) is 0 Å². The van der Waals surface area contributed by atoms with Gasteiger partial charge in [0.2, 0.25) is 0 Å². The van der Waals surface area contributed by atoms with E-state index in [9.17, 15) is 5.11 Å². The van der Waals surface area contributed by atoms with Crippen LogP contribution < -0.4 is 10.6 Å². The minimum Gasteiger partial charge on any atom is -0.387 e. The number of nitrogens with zero attached hydrogens (tertiary/aromatic N) is 3. The van der Waals surface area contributed by atoms with Crippen LogP contribution in [0.1, 0.15) is 12.0 Å². The maximum absolute atomic E-state index is 10.2. The van der Waals surface area contributed by atoms with Crippen molar-refractivity contribution in [2.75, 3.05) is 19.6 Å². The molecule has 0 aliphatic carbocycles. The molecule has 0 aromatic carbocycles. The Kier molecular flexibility index (Phi) is 2.99. The number of hydrogen-bond donors (Lipinski definition) is 3. The average molecular weight is 247 g/mol. The number of hydrogen-bond acceptors (Lipinski definition) is 5. The van der Waals surface area contributed by atoms with Crippen LogP contribution in [0.15, 0.2) is 24.7 Å². The molecule has 1 fully saturated rings. The van der Waals surface area contributed by atoms with E-state index in [1.165, 1.54) is 0 Å². The van der Waals surface area contributed by atoms with Gasteiger partial charge in [-0.05, 0) is 19.0 Å². The Morgan fingerprint density at radius 2 is 2.50 bits per heavy atom. The second-order valence-electron chi connectivity index (χ2n) is 4.81. The van der Waals surface area contributed by atoms with Crippen molar-refractivity contribution in [3.63, 3.8) is 0 Å². The molecule has 0 unspecified atom stereocenters. The van der Waals surface area contributed by atoms with Crippen LogP contribution in [0.4, 0.5) is 0 Å². The number of aliphatic hydroxyl groups is 1. The van der Waals surface area contributed by atoms with Crippen LogP contribution in [0, 0.1) is 0 Å². The first kappa shape index (κ1) is 11.6. The van der Waals surface area contributed by atoms with Crippen LogP contribution in [0.3, 0.4) is 0 Å². The fourth-order valence-corrected chi connectivity index (χ4v) is 2.31. The topological polar surface area (TPSA) is 74.5 Å². The zero-order valence-electron chi connectivity index (χ0n) is 10.1. The normalized spacial score (nSPS) is 23.8. The maximum atomic E-state index is 10.2. The van der Waals surface area contributed by atoms with Gasteiger partial charge in [0, 0.05) is 37.6 Å². The fraction of sp³-hybridized carbons (Fsp3) is 0.500. The summed E-state index contributed by atoms with van der Waals surface area (Å²) in [4.78, 5) is 4.29. The van der Waals surface area contributed by atoms with Crippen molar-refractivity contribution in [1.82, 2.24) is 25.2 Å². The van der Waals surface area contributed by atoms with Gasteiger partial charge in [-0.3, -0.25) is 0 Å². The molecule has 2 aromatic heterocycles. The largest absolute Gasteiger partial charge is 0.387 e. The number of β-amino-alcohol motifs (C(OH)–C–C–N with tert-alkyl or cyclic N) is 1. The number of aromatic nitrogens is 3. The van der Waals surface area contributed by atoms with Gasteiger partial charge >= 0.3 is 0 Å². The van der Waals surface area contributed by atoms with Crippen molar-refractivity contribution < 1.29 is 5.11 Å². The molecule has 3 heterocycles. The highest BCUT2D eigenvalue weighted by Crippen LogP contribution is 2.13. The molecule has 3 N–H and O–H groups in total. The minimum absolute atomic E-state index is 0.587. The zero-order valence-corrected chi connectivity index (χ0v) is 10.1. The molecule has 6 heteroatoms. The Morgan fingerprint density at radius 3 is 3.33 bits per heavy atom. The summed E-state index contributed by atoms with van der Waals surface area (Å²) in [6, 6.07) is 1.85. The SMILES string of the molecule is O[C@]1(CNCc2cnn3cccnc23)CCNC1. The molecule has 6 nitrogen and oxygen atoms in total. The lowest BCUT2D eigenvalue weighted by Gasteiger charge is -2.21. The molecule has 2 aromatic rings. The molecule has 0 amide bonds. The van der Waals surface area contributed by atoms with Crippen molar-refractivity contribution in [1.29, 1.82) is 0 Å². The average Bonchev–Trinajstić information content (AvgIpc) is 2.97. The third-order valence-electron chi connectivity index (χ3n) is 3.34. The summed E-state index contributed by atoms with van der Waals surface area (Å²) in [5, 5.41) is 20.8. The molecule has 1 aliphatic rings. The smallest absolute Gasteiger partial charge is 0.159 e. The van der Waals surface area contributed by atoms with E-state index in [2.05, 4.69) is 20.7 Å². The summed E-state index contributed by atoms with van der Waals surface area (Å²) in [5.41, 5.74) is 1.29.